The van der Waals surface area contributed by atoms with E-state index in [0.717, 1.165) is 55.0 Å². The van der Waals surface area contributed by atoms with Gasteiger partial charge in [-0.15, -0.1) is 11.3 Å². The summed E-state index contributed by atoms with van der Waals surface area (Å²) in [5, 5.41) is 0.686. The van der Waals surface area contributed by atoms with Gasteiger partial charge in [0.1, 0.15) is 12.4 Å². The molecule has 0 fully saturated rings. The summed E-state index contributed by atoms with van der Waals surface area (Å²) in [4.78, 5) is 8.15. The molecule has 3 aromatic rings. The Morgan fingerprint density at radius 2 is 1.82 bits per heavy atom. The Bertz CT molecular complexity index is 962. The molecule has 4 rings (SSSR count). The zero-order valence-electron chi connectivity index (χ0n) is 15.7. The minimum Gasteiger partial charge on any atom is -0.488 e. The average Bonchev–Trinajstić information content (AvgIpc) is 2.98. The van der Waals surface area contributed by atoms with Crippen LogP contribution < -0.4 is 10.5 Å². The van der Waals surface area contributed by atoms with Gasteiger partial charge in [-0.3, -0.25) is 4.90 Å². The molecular formula is C23H23N3OS. The smallest absolute Gasteiger partial charge is 0.180 e. The molecule has 2 N–H and O–H groups in total. The number of hydrogen-bond donors (Lipinski definition) is 1. The van der Waals surface area contributed by atoms with Crippen LogP contribution in [0, 0.1) is 11.8 Å². The molecule has 0 spiro atoms. The summed E-state index contributed by atoms with van der Waals surface area (Å²) in [5.74, 6) is 7.44. The number of para-hydroxylation sites is 1. The van der Waals surface area contributed by atoms with E-state index in [0.29, 0.717) is 11.7 Å². The van der Waals surface area contributed by atoms with Gasteiger partial charge < -0.3 is 10.5 Å². The molecule has 4 nitrogen and oxygen atoms in total. The monoisotopic (exact) mass is 389 g/mol. The Balaban J connectivity index is 1.36. The predicted molar refractivity (Wildman–Crippen MR) is 114 cm³/mol. The Labute approximate surface area is 170 Å². The molecule has 0 bridgehead atoms. The van der Waals surface area contributed by atoms with E-state index in [1.165, 1.54) is 4.88 Å². The van der Waals surface area contributed by atoms with E-state index in [9.17, 15) is 0 Å². The van der Waals surface area contributed by atoms with Crippen molar-refractivity contribution < 1.29 is 4.74 Å². The van der Waals surface area contributed by atoms with E-state index in [-0.39, 0.29) is 0 Å². The minimum atomic E-state index is 0.546. The third kappa shape index (κ3) is 4.72. The van der Waals surface area contributed by atoms with Crippen molar-refractivity contribution in [2.75, 3.05) is 25.4 Å². The second-order valence-corrected chi connectivity index (χ2v) is 7.89. The number of aromatic nitrogens is 1. The minimum absolute atomic E-state index is 0.546. The highest BCUT2D eigenvalue weighted by Gasteiger charge is 2.16. The van der Waals surface area contributed by atoms with Gasteiger partial charge >= 0.3 is 0 Å². The number of nitrogen functional groups attached to an aromatic ring is 1. The molecule has 0 saturated heterocycles. The highest BCUT2D eigenvalue weighted by molar-refractivity contribution is 7.15. The Morgan fingerprint density at radius 3 is 2.71 bits per heavy atom. The van der Waals surface area contributed by atoms with E-state index in [1.807, 2.05) is 42.5 Å². The van der Waals surface area contributed by atoms with Crippen molar-refractivity contribution in [3.63, 3.8) is 0 Å². The van der Waals surface area contributed by atoms with E-state index in [4.69, 9.17) is 10.5 Å². The van der Waals surface area contributed by atoms with Crippen LogP contribution in [0.25, 0.3) is 0 Å². The number of benzene rings is 2. The van der Waals surface area contributed by atoms with Crippen molar-refractivity contribution in [1.82, 2.24) is 9.88 Å². The number of hydrogen-bond acceptors (Lipinski definition) is 5. The third-order valence-electron chi connectivity index (χ3n) is 4.76. The summed E-state index contributed by atoms with van der Waals surface area (Å²) < 4.78 is 5.99. The first-order chi connectivity index (χ1) is 13.8. The summed E-state index contributed by atoms with van der Waals surface area (Å²) in [6.07, 6.45) is 1.95. The number of thiazole rings is 1. The lowest BCUT2D eigenvalue weighted by Crippen LogP contribution is -2.26. The summed E-state index contributed by atoms with van der Waals surface area (Å²) in [5.41, 5.74) is 9.07. The molecule has 5 heteroatoms. The lowest BCUT2D eigenvalue weighted by atomic mass is 10.2. The van der Waals surface area contributed by atoms with Crippen LogP contribution in [0.1, 0.15) is 21.7 Å². The molecule has 2 aromatic carbocycles. The maximum atomic E-state index is 5.99. The molecular weight excluding hydrogens is 366 g/mol. The van der Waals surface area contributed by atoms with Gasteiger partial charge in [0.05, 0.1) is 17.8 Å². The molecule has 142 valence electrons. The first-order valence-electron chi connectivity index (χ1n) is 9.49. The fourth-order valence-electron chi connectivity index (χ4n) is 3.27. The van der Waals surface area contributed by atoms with E-state index >= 15 is 0 Å². The van der Waals surface area contributed by atoms with Crippen molar-refractivity contribution >= 4 is 16.5 Å². The summed E-state index contributed by atoms with van der Waals surface area (Å²) in [6, 6.07) is 18.2. The highest BCUT2D eigenvalue weighted by atomic mass is 32.1. The number of anilines is 1. The second kappa shape index (κ2) is 8.92. The zero-order chi connectivity index (χ0) is 19.2. The molecule has 28 heavy (non-hydrogen) atoms. The van der Waals surface area contributed by atoms with Crippen molar-refractivity contribution in [2.45, 2.75) is 19.4 Å². The van der Waals surface area contributed by atoms with Crippen LogP contribution in [0.3, 0.4) is 0 Å². The van der Waals surface area contributed by atoms with Gasteiger partial charge in [-0.05, 0) is 24.1 Å². The molecule has 0 amide bonds. The number of fused-ring (bicyclic) bond motifs is 1. The Hall–Kier alpha value is -2.81. The van der Waals surface area contributed by atoms with Crippen molar-refractivity contribution in [3.8, 4) is 17.6 Å². The molecule has 2 heterocycles. The molecule has 1 aliphatic heterocycles. The lowest BCUT2D eigenvalue weighted by Gasteiger charge is -2.15. The predicted octanol–water partition coefficient (Wildman–Crippen LogP) is 3.76. The van der Waals surface area contributed by atoms with Gasteiger partial charge in [0.15, 0.2) is 5.13 Å². The normalized spacial score (nSPS) is 13.9. The number of rotatable bonds is 4. The largest absolute Gasteiger partial charge is 0.488 e. The molecule has 1 aromatic heterocycles. The van der Waals surface area contributed by atoms with Crippen molar-refractivity contribution in [3.05, 3.63) is 76.3 Å². The van der Waals surface area contributed by atoms with Gasteiger partial charge in [0.25, 0.3) is 0 Å². The number of nitrogens with zero attached hydrogens (tertiary/aromatic N) is 2. The maximum Gasteiger partial charge on any atom is 0.180 e. The molecule has 0 saturated carbocycles. The van der Waals surface area contributed by atoms with Gasteiger partial charge in [-0.1, -0.05) is 54.3 Å². The van der Waals surface area contributed by atoms with Crippen LogP contribution in [0.15, 0.2) is 54.6 Å². The molecule has 0 unspecified atom stereocenters. The maximum absolute atomic E-state index is 5.99. The lowest BCUT2D eigenvalue weighted by molar-refractivity contribution is 0.305. The van der Waals surface area contributed by atoms with Gasteiger partial charge in [0, 0.05) is 24.4 Å². The number of ether oxygens (including phenoxy) is 1. The van der Waals surface area contributed by atoms with E-state index in [2.05, 4.69) is 33.9 Å². The fraction of sp³-hybridized carbons (Fsp3) is 0.261. The Kier molecular flexibility index (Phi) is 5.91. The van der Waals surface area contributed by atoms with Crippen LogP contribution in [0.2, 0.25) is 0 Å². The zero-order valence-corrected chi connectivity index (χ0v) is 16.5. The topological polar surface area (TPSA) is 51.4 Å². The van der Waals surface area contributed by atoms with Gasteiger partial charge in [0.2, 0.25) is 0 Å². The summed E-state index contributed by atoms with van der Waals surface area (Å²) >= 11 is 1.62. The van der Waals surface area contributed by atoms with Crippen LogP contribution in [-0.4, -0.2) is 29.5 Å². The van der Waals surface area contributed by atoms with Crippen molar-refractivity contribution in [1.29, 1.82) is 0 Å². The molecule has 0 aliphatic carbocycles. The first-order valence-corrected chi connectivity index (χ1v) is 10.3. The van der Waals surface area contributed by atoms with Gasteiger partial charge in [-0.25, -0.2) is 4.98 Å². The number of nitrogens with two attached hydrogens (primary N) is 1. The summed E-state index contributed by atoms with van der Waals surface area (Å²) in [6.45, 7) is 3.26. The van der Waals surface area contributed by atoms with Crippen LogP contribution >= 0.6 is 11.3 Å². The van der Waals surface area contributed by atoms with Crippen LogP contribution in [0.4, 0.5) is 5.13 Å². The van der Waals surface area contributed by atoms with E-state index < -0.39 is 0 Å². The molecule has 0 atom stereocenters. The quantitative estimate of drug-likeness (QED) is 0.691. The van der Waals surface area contributed by atoms with E-state index in [1.54, 1.807) is 11.3 Å². The highest BCUT2D eigenvalue weighted by Crippen LogP contribution is 2.24. The van der Waals surface area contributed by atoms with Crippen LogP contribution in [0.5, 0.6) is 5.75 Å². The molecule has 1 aliphatic rings. The fourth-order valence-corrected chi connectivity index (χ4v) is 4.13. The van der Waals surface area contributed by atoms with Crippen LogP contribution in [-0.2, 0) is 19.4 Å². The summed E-state index contributed by atoms with van der Waals surface area (Å²) in [7, 11) is 0. The Morgan fingerprint density at radius 1 is 1.04 bits per heavy atom. The molecule has 0 radical (unpaired) electrons. The third-order valence-corrected chi connectivity index (χ3v) is 5.75. The second-order valence-electron chi connectivity index (χ2n) is 6.77. The average molecular weight is 390 g/mol. The first kappa shape index (κ1) is 18.5. The SMILES string of the molecule is Nc1nc2c(s1)CCN(CC#Cc1ccccc1OCc1ccccc1)CC2. The standard InChI is InChI=1S/C23H23N3OS/c24-23-25-20-12-15-26(16-13-22(20)28-23)14-6-10-19-9-4-5-11-21(19)27-17-18-7-2-1-3-8-18/h1-5,7-9,11H,12-17H2,(H2,24,25). The van der Waals surface area contributed by atoms with Crippen molar-refractivity contribution in [2.24, 2.45) is 0 Å². The van der Waals surface area contributed by atoms with Gasteiger partial charge in [-0.2, -0.15) is 0 Å².